The van der Waals surface area contributed by atoms with E-state index in [1.807, 2.05) is 0 Å². The van der Waals surface area contributed by atoms with E-state index in [0.717, 1.165) is 69.6 Å². The second-order valence-corrected chi connectivity index (χ2v) is 18.1. The molecule has 332 valence electrons. The number of hydrogen-bond acceptors (Lipinski definition) is 6. The molecule has 0 rings (SSSR count). The Labute approximate surface area is 348 Å². The SMILES string of the molecule is CCCCCCCCCCCCCCCCCC(=O)OC[C@@H](COC(=O)CCCCCCCCCC(C)C)OC(=O)CCCCCCCCCCCCC(C)C. The summed E-state index contributed by atoms with van der Waals surface area (Å²) < 4.78 is 16.8. The third-order valence-corrected chi connectivity index (χ3v) is 11.2. The predicted molar refractivity (Wildman–Crippen MR) is 238 cm³/mol. The number of hydrogen-bond donors (Lipinski definition) is 0. The molecule has 6 nitrogen and oxygen atoms in total. The van der Waals surface area contributed by atoms with E-state index in [-0.39, 0.29) is 31.1 Å². The average molecular weight is 793 g/mol. The number of carbonyl (C=O) groups excluding carboxylic acids is 3. The van der Waals surface area contributed by atoms with Gasteiger partial charge in [0.15, 0.2) is 6.10 Å². The van der Waals surface area contributed by atoms with Crippen LogP contribution in [0.3, 0.4) is 0 Å². The van der Waals surface area contributed by atoms with Crippen molar-refractivity contribution in [3.05, 3.63) is 0 Å². The minimum atomic E-state index is -0.761. The highest BCUT2D eigenvalue weighted by molar-refractivity contribution is 5.71. The van der Waals surface area contributed by atoms with Crippen molar-refractivity contribution in [2.24, 2.45) is 11.8 Å². The quantitative estimate of drug-likeness (QED) is 0.0347. The maximum atomic E-state index is 12.7. The fraction of sp³-hybridized carbons (Fsp3) is 0.940. The topological polar surface area (TPSA) is 78.9 Å². The molecule has 0 amide bonds. The summed E-state index contributed by atoms with van der Waals surface area (Å²) in [4.78, 5) is 37.8. The molecule has 0 unspecified atom stereocenters. The van der Waals surface area contributed by atoms with Crippen molar-refractivity contribution in [1.29, 1.82) is 0 Å². The minimum Gasteiger partial charge on any atom is -0.462 e. The van der Waals surface area contributed by atoms with Gasteiger partial charge in [0.25, 0.3) is 0 Å². The maximum absolute atomic E-state index is 12.7. The van der Waals surface area contributed by atoms with Gasteiger partial charge >= 0.3 is 17.9 Å². The predicted octanol–water partition coefficient (Wildman–Crippen LogP) is 15.8. The van der Waals surface area contributed by atoms with Gasteiger partial charge in [-0.25, -0.2) is 0 Å². The van der Waals surface area contributed by atoms with Gasteiger partial charge in [-0.2, -0.15) is 0 Å². The summed E-state index contributed by atoms with van der Waals surface area (Å²) >= 11 is 0. The molecule has 0 aromatic rings. The zero-order valence-corrected chi connectivity index (χ0v) is 38.3. The van der Waals surface area contributed by atoms with Gasteiger partial charge in [-0.1, -0.05) is 234 Å². The molecular formula is C50H96O6. The van der Waals surface area contributed by atoms with Crippen LogP contribution >= 0.6 is 0 Å². The lowest BCUT2D eigenvalue weighted by atomic mass is 10.0. The molecule has 0 aliphatic heterocycles. The zero-order chi connectivity index (χ0) is 41.2. The summed E-state index contributed by atoms with van der Waals surface area (Å²) in [7, 11) is 0. The Morgan fingerprint density at radius 1 is 0.339 bits per heavy atom. The van der Waals surface area contributed by atoms with Crippen molar-refractivity contribution >= 4 is 17.9 Å². The fourth-order valence-corrected chi connectivity index (χ4v) is 7.46. The zero-order valence-electron chi connectivity index (χ0n) is 38.3. The highest BCUT2D eigenvalue weighted by atomic mass is 16.6. The van der Waals surface area contributed by atoms with Gasteiger partial charge in [0.2, 0.25) is 0 Å². The Morgan fingerprint density at radius 3 is 0.875 bits per heavy atom. The molecule has 0 fully saturated rings. The van der Waals surface area contributed by atoms with E-state index >= 15 is 0 Å². The Kier molecular flexibility index (Phi) is 41.8. The van der Waals surface area contributed by atoms with Gasteiger partial charge < -0.3 is 14.2 Å². The van der Waals surface area contributed by atoms with Crippen LogP contribution in [0.25, 0.3) is 0 Å². The van der Waals surface area contributed by atoms with Gasteiger partial charge in [-0.15, -0.1) is 0 Å². The van der Waals surface area contributed by atoms with E-state index in [4.69, 9.17) is 14.2 Å². The number of rotatable bonds is 44. The lowest BCUT2D eigenvalue weighted by Crippen LogP contribution is -2.30. The molecule has 0 aromatic carbocycles. The van der Waals surface area contributed by atoms with Crippen molar-refractivity contribution in [3.8, 4) is 0 Å². The maximum Gasteiger partial charge on any atom is 0.306 e. The van der Waals surface area contributed by atoms with Crippen LogP contribution in [0.5, 0.6) is 0 Å². The van der Waals surface area contributed by atoms with E-state index in [0.29, 0.717) is 19.3 Å². The van der Waals surface area contributed by atoms with Crippen molar-refractivity contribution in [2.45, 2.75) is 278 Å². The van der Waals surface area contributed by atoms with Crippen LogP contribution in [-0.4, -0.2) is 37.2 Å². The Balaban J connectivity index is 4.30. The van der Waals surface area contributed by atoms with E-state index in [1.54, 1.807) is 0 Å². The number of ether oxygens (including phenoxy) is 3. The molecule has 0 saturated carbocycles. The lowest BCUT2D eigenvalue weighted by molar-refractivity contribution is -0.167. The molecule has 0 N–H and O–H groups in total. The molecule has 0 saturated heterocycles. The van der Waals surface area contributed by atoms with Gasteiger partial charge in [0.1, 0.15) is 13.2 Å². The monoisotopic (exact) mass is 793 g/mol. The Hall–Kier alpha value is -1.59. The van der Waals surface area contributed by atoms with E-state index in [2.05, 4.69) is 34.6 Å². The summed E-state index contributed by atoms with van der Waals surface area (Å²) in [6, 6.07) is 0. The van der Waals surface area contributed by atoms with Crippen LogP contribution in [0.1, 0.15) is 272 Å². The summed E-state index contributed by atoms with van der Waals surface area (Å²) in [6.45, 7) is 11.3. The van der Waals surface area contributed by atoms with E-state index in [1.165, 1.54) is 161 Å². The van der Waals surface area contributed by atoms with Gasteiger partial charge in [0, 0.05) is 19.3 Å². The molecule has 0 heterocycles. The molecule has 6 heteroatoms. The van der Waals surface area contributed by atoms with E-state index in [9.17, 15) is 14.4 Å². The third-order valence-electron chi connectivity index (χ3n) is 11.2. The molecule has 1 atom stereocenters. The summed E-state index contributed by atoms with van der Waals surface area (Å²) in [5, 5.41) is 0. The van der Waals surface area contributed by atoms with Crippen LogP contribution in [0, 0.1) is 11.8 Å². The molecule has 0 spiro atoms. The largest absolute Gasteiger partial charge is 0.462 e. The first-order valence-electron chi connectivity index (χ1n) is 24.7. The first-order valence-corrected chi connectivity index (χ1v) is 24.7. The summed E-state index contributed by atoms with van der Waals surface area (Å²) in [6.07, 6.45) is 42.4. The second-order valence-electron chi connectivity index (χ2n) is 18.1. The summed E-state index contributed by atoms with van der Waals surface area (Å²) in [5.41, 5.74) is 0. The standard InChI is InChI=1S/C50H96O6/c1-6-7-8-9-10-11-12-13-14-15-16-20-25-30-35-40-48(51)54-43-47(44-55-49(52)41-36-31-27-22-24-29-34-39-46(4)5)56-50(53)42-37-32-26-21-18-17-19-23-28-33-38-45(2)3/h45-47H,6-44H2,1-5H3/t47-/m0/s1. The molecule has 56 heavy (non-hydrogen) atoms. The lowest BCUT2D eigenvalue weighted by Gasteiger charge is -2.18. The third kappa shape index (κ3) is 43.5. The highest BCUT2D eigenvalue weighted by Gasteiger charge is 2.19. The van der Waals surface area contributed by atoms with Crippen molar-refractivity contribution in [3.63, 3.8) is 0 Å². The second kappa shape index (κ2) is 43.0. The van der Waals surface area contributed by atoms with E-state index < -0.39 is 6.10 Å². The molecule has 0 aromatic heterocycles. The van der Waals surface area contributed by atoms with Crippen LogP contribution in [0.15, 0.2) is 0 Å². The molecular weight excluding hydrogens is 697 g/mol. The smallest absolute Gasteiger partial charge is 0.306 e. The Bertz CT molecular complexity index is 854. The fourth-order valence-electron chi connectivity index (χ4n) is 7.46. The van der Waals surface area contributed by atoms with Crippen molar-refractivity contribution < 1.29 is 28.6 Å². The van der Waals surface area contributed by atoms with Crippen LogP contribution in [0.4, 0.5) is 0 Å². The van der Waals surface area contributed by atoms with Crippen LogP contribution in [-0.2, 0) is 28.6 Å². The van der Waals surface area contributed by atoms with Crippen LogP contribution < -0.4 is 0 Å². The number of esters is 3. The van der Waals surface area contributed by atoms with Gasteiger partial charge in [-0.3, -0.25) is 14.4 Å². The first-order chi connectivity index (χ1) is 27.2. The Morgan fingerprint density at radius 2 is 0.589 bits per heavy atom. The van der Waals surface area contributed by atoms with Gasteiger partial charge in [0.05, 0.1) is 0 Å². The summed E-state index contributed by atoms with van der Waals surface area (Å²) in [5.74, 6) is 0.743. The average Bonchev–Trinajstić information content (AvgIpc) is 3.16. The normalized spacial score (nSPS) is 12.1. The number of carbonyl (C=O) groups is 3. The molecule has 0 bridgehead atoms. The van der Waals surface area contributed by atoms with Crippen molar-refractivity contribution in [2.75, 3.05) is 13.2 Å². The highest BCUT2D eigenvalue weighted by Crippen LogP contribution is 2.17. The molecule has 0 aliphatic rings. The minimum absolute atomic E-state index is 0.0646. The molecule has 0 radical (unpaired) electrons. The van der Waals surface area contributed by atoms with Gasteiger partial charge in [-0.05, 0) is 31.1 Å². The van der Waals surface area contributed by atoms with Crippen LogP contribution in [0.2, 0.25) is 0 Å². The number of unbranched alkanes of at least 4 members (excludes halogenated alkanes) is 29. The van der Waals surface area contributed by atoms with Crippen molar-refractivity contribution in [1.82, 2.24) is 0 Å². The first kappa shape index (κ1) is 54.4. The molecule has 0 aliphatic carbocycles.